The fraction of sp³-hybridized carbons (Fsp3) is 0.444. The van der Waals surface area contributed by atoms with Crippen LogP contribution < -0.4 is 0 Å². The molecule has 0 amide bonds. The number of nitrogens with one attached hydrogen (secondary N) is 1. The average Bonchev–Trinajstić information content (AvgIpc) is 3.00. The number of H-pyrrole nitrogens is 1. The van der Waals surface area contributed by atoms with E-state index >= 15 is 0 Å². The van der Waals surface area contributed by atoms with Crippen LogP contribution in [0.1, 0.15) is 49.9 Å². The zero-order chi connectivity index (χ0) is 14.8. The van der Waals surface area contributed by atoms with Gasteiger partial charge in [0, 0.05) is 11.5 Å². The number of rotatable bonds is 3. The van der Waals surface area contributed by atoms with Gasteiger partial charge >= 0.3 is 0 Å². The monoisotopic (exact) mass is 298 g/mol. The molecule has 0 bridgehead atoms. The maximum atomic E-state index is 5.49. The van der Waals surface area contributed by atoms with E-state index in [2.05, 4.69) is 48.1 Å². The summed E-state index contributed by atoms with van der Waals surface area (Å²) in [6, 6.07) is 10.4. The highest BCUT2D eigenvalue weighted by Gasteiger charge is 2.26. The Morgan fingerprint density at radius 2 is 2.00 bits per heavy atom. The molecule has 1 N–H and O–H groups in total. The van der Waals surface area contributed by atoms with Crippen LogP contribution in [0.5, 0.6) is 0 Å². The third kappa shape index (κ3) is 2.93. The van der Waals surface area contributed by atoms with Crippen molar-refractivity contribution in [1.29, 1.82) is 0 Å². The lowest BCUT2D eigenvalue weighted by Gasteiger charge is -2.14. The van der Waals surface area contributed by atoms with Gasteiger partial charge in [-0.15, -0.1) is 0 Å². The Bertz CT molecular complexity index is 675. The molecule has 2 unspecified atom stereocenters. The summed E-state index contributed by atoms with van der Waals surface area (Å²) in [6.45, 7) is 4.34. The van der Waals surface area contributed by atoms with Gasteiger partial charge in [-0.25, -0.2) is 4.98 Å². The van der Waals surface area contributed by atoms with Crippen molar-refractivity contribution in [2.75, 3.05) is 0 Å². The standard InChI is InChI=1S/C18H22N2S/c1-3-13-9-10-15(11-13)17-19-16(12(2)18(21)20-17)14-7-5-4-6-8-14/h4-8,13,15H,3,9-11H2,1-2H3,(H,19,20,21). The minimum atomic E-state index is 0.541. The van der Waals surface area contributed by atoms with Crippen LogP contribution in [0, 0.1) is 17.5 Å². The third-order valence-electron chi connectivity index (χ3n) is 4.74. The number of hydrogen-bond acceptors (Lipinski definition) is 2. The topological polar surface area (TPSA) is 28.7 Å². The minimum absolute atomic E-state index is 0.541. The molecule has 2 nitrogen and oxygen atoms in total. The number of hydrogen-bond donors (Lipinski definition) is 1. The lowest BCUT2D eigenvalue weighted by atomic mass is 10.0. The molecule has 3 heteroatoms. The first-order chi connectivity index (χ1) is 10.2. The van der Waals surface area contributed by atoms with Crippen molar-refractivity contribution < 1.29 is 0 Å². The fourth-order valence-electron chi connectivity index (χ4n) is 3.33. The lowest BCUT2D eigenvalue weighted by molar-refractivity contribution is 0.516. The summed E-state index contributed by atoms with van der Waals surface area (Å²) in [4.78, 5) is 8.25. The van der Waals surface area contributed by atoms with Crippen molar-refractivity contribution in [3.63, 3.8) is 0 Å². The second-order valence-corrected chi connectivity index (χ2v) is 6.46. The van der Waals surface area contributed by atoms with Gasteiger partial charge < -0.3 is 4.98 Å². The molecule has 0 aliphatic heterocycles. The van der Waals surface area contributed by atoms with E-state index in [0.717, 1.165) is 27.6 Å². The molecule has 0 saturated heterocycles. The van der Waals surface area contributed by atoms with Crippen molar-refractivity contribution in [2.45, 2.75) is 45.4 Å². The Labute approximate surface area is 131 Å². The van der Waals surface area contributed by atoms with Crippen molar-refractivity contribution in [3.8, 4) is 11.3 Å². The molecule has 21 heavy (non-hydrogen) atoms. The molecule has 1 aromatic heterocycles. The summed E-state index contributed by atoms with van der Waals surface area (Å²) in [5, 5.41) is 0. The number of nitrogens with zero attached hydrogens (tertiary/aromatic N) is 1. The summed E-state index contributed by atoms with van der Waals surface area (Å²) in [5.41, 5.74) is 3.39. The van der Waals surface area contributed by atoms with Gasteiger partial charge in [0.15, 0.2) is 0 Å². The molecule has 0 radical (unpaired) electrons. The molecule has 1 aliphatic carbocycles. The molecular formula is C18H22N2S. The largest absolute Gasteiger partial charge is 0.343 e. The molecule has 2 aromatic rings. The van der Waals surface area contributed by atoms with E-state index in [4.69, 9.17) is 12.2 Å². The molecule has 1 aliphatic rings. The normalized spacial score (nSPS) is 21.6. The lowest BCUT2D eigenvalue weighted by Crippen LogP contribution is -2.05. The predicted octanol–water partition coefficient (Wildman–Crippen LogP) is 5.41. The van der Waals surface area contributed by atoms with Crippen LogP contribution >= 0.6 is 12.2 Å². The molecule has 1 heterocycles. The molecule has 1 aromatic carbocycles. The van der Waals surface area contributed by atoms with E-state index in [-0.39, 0.29) is 0 Å². The van der Waals surface area contributed by atoms with Crippen LogP contribution in [0.4, 0.5) is 0 Å². The molecule has 0 spiro atoms. The Morgan fingerprint density at radius 1 is 1.24 bits per heavy atom. The van der Waals surface area contributed by atoms with Gasteiger partial charge in [-0.2, -0.15) is 0 Å². The van der Waals surface area contributed by atoms with Gasteiger partial charge in [0.1, 0.15) is 10.5 Å². The first kappa shape index (κ1) is 14.5. The molecule has 1 saturated carbocycles. The smallest absolute Gasteiger partial charge is 0.133 e. The first-order valence-corrected chi connectivity index (χ1v) is 8.26. The van der Waals surface area contributed by atoms with Gasteiger partial charge in [0.05, 0.1) is 5.69 Å². The van der Waals surface area contributed by atoms with Gasteiger partial charge in [0.2, 0.25) is 0 Å². The van der Waals surface area contributed by atoms with Crippen LogP contribution in [0.15, 0.2) is 30.3 Å². The van der Waals surface area contributed by atoms with E-state index in [1.165, 1.54) is 31.2 Å². The van der Waals surface area contributed by atoms with E-state index in [0.29, 0.717) is 5.92 Å². The third-order valence-corrected chi connectivity index (χ3v) is 5.14. The van der Waals surface area contributed by atoms with E-state index in [9.17, 15) is 0 Å². The van der Waals surface area contributed by atoms with Gasteiger partial charge in [-0.3, -0.25) is 0 Å². The van der Waals surface area contributed by atoms with Gasteiger partial charge in [-0.05, 0) is 37.7 Å². The Morgan fingerprint density at radius 3 is 2.67 bits per heavy atom. The quantitative estimate of drug-likeness (QED) is 0.768. The highest BCUT2D eigenvalue weighted by Crippen LogP contribution is 2.39. The van der Waals surface area contributed by atoms with Crippen molar-refractivity contribution in [1.82, 2.24) is 9.97 Å². The van der Waals surface area contributed by atoms with Crippen LogP contribution in [0.2, 0.25) is 0 Å². The zero-order valence-electron chi connectivity index (χ0n) is 12.7. The zero-order valence-corrected chi connectivity index (χ0v) is 13.5. The van der Waals surface area contributed by atoms with Crippen LogP contribution in [-0.2, 0) is 0 Å². The number of aromatic nitrogens is 2. The fourth-order valence-corrected chi connectivity index (χ4v) is 3.53. The summed E-state index contributed by atoms with van der Waals surface area (Å²) in [5.74, 6) is 2.47. The highest BCUT2D eigenvalue weighted by atomic mass is 32.1. The van der Waals surface area contributed by atoms with Crippen LogP contribution in [0.3, 0.4) is 0 Å². The Hall–Kier alpha value is -1.48. The van der Waals surface area contributed by atoms with E-state index < -0.39 is 0 Å². The number of benzene rings is 1. The SMILES string of the molecule is CCC1CCC(c2nc(=S)c(C)c(-c3ccccc3)[nH]2)C1. The highest BCUT2D eigenvalue weighted by molar-refractivity contribution is 7.71. The maximum Gasteiger partial charge on any atom is 0.133 e. The first-order valence-electron chi connectivity index (χ1n) is 7.85. The van der Waals surface area contributed by atoms with Crippen LogP contribution in [-0.4, -0.2) is 9.97 Å². The summed E-state index contributed by atoms with van der Waals surface area (Å²) < 4.78 is 0.738. The summed E-state index contributed by atoms with van der Waals surface area (Å²) in [7, 11) is 0. The second kappa shape index (κ2) is 6.10. The number of aromatic amines is 1. The Kier molecular flexibility index (Phi) is 4.20. The Balaban J connectivity index is 2.01. The van der Waals surface area contributed by atoms with Gasteiger partial charge in [-0.1, -0.05) is 55.9 Å². The molecule has 2 atom stereocenters. The summed E-state index contributed by atoms with van der Waals surface area (Å²) >= 11 is 5.49. The molecule has 110 valence electrons. The van der Waals surface area contributed by atoms with E-state index in [1.807, 2.05) is 6.07 Å². The summed E-state index contributed by atoms with van der Waals surface area (Å²) in [6.07, 6.45) is 5.06. The van der Waals surface area contributed by atoms with E-state index in [1.54, 1.807) is 0 Å². The van der Waals surface area contributed by atoms with Crippen molar-refractivity contribution in [2.24, 2.45) is 5.92 Å². The maximum absolute atomic E-state index is 5.49. The van der Waals surface area contributed by atoms with Crippen molar-refractivity contribution in [3.05, 3.63) is 46.4 Å². The molecule has 3 rings (SSSR count). The average molecular weight is 298 g/mol. The van der Waals surface area contributed by atoms with Gasteiger partial charge in [0.25, 0.3) is 0 Å². The molecular weight excluding hydrogens is 276 g/mol. The second-order valence-electron chi connectivity index (χ2n) is 6.08. The molecule has 1 fully saturated rings. The van der Waals surface area contributed by atoms with Crippen LogP contribution in [0.25, 0.3) is 11.3 Å². The predicted molar refractivity (Wildman–Crippen MR) is 90.0 cm³/mol. The van der Waals surface area contributed by atoms with Crippen molar-refractivity contribution >= 4 is 12.2 Å². The minimum Gasteiger partial charge on any atom is -0.343 e.